The van der Waals surface area contributed by atoms with Crippen LogP contribution in [0.5, 0.6) is 11.5 Å². The summed E-state index contributed by atoms with van der Waals surface area (Å²) in [6, 6.07) is 3.53. The zero-order chi connectivity index (χ0) is 14.3. The van der Waals surface area contributed by atoms with E-state index in [0.717, 1.165) is 5.56 Å². The molecule has 0 aliphatic heterocycles. The number of ether oxygens (including phenoxy) is 2. The zero-order valence-electron chi connectivity index (χ0n) is 11.0. The summed E-state index contributed by atoms with van der Waals surface area (Å²) in [5.41, 5.74) is 3.43. The minimum absolute atomic E-state index is 0.431. The van der Waals surface area contributed by atoms with Crippen molar-refractivity contribution in [2.75, 3.05) is 20.8 Å². The number of hydrazone groups is 1. The van der Waals surface area contributed by atoms with Gasteiger partial charge in [0.1, 0.15) is 0 Å². The molecule has 0 saturated carbocycles. The number of thiocarbonyl (C=S) groups is 1. The third-order valence-electron chi connectivity index (χ3n) is 2.14. The second-order valence-corrected chi connectivity index (χ2v) is 4.23. The van der Waals surface area contributed by atoms with Crippen molar-refractivity contribution in [2.45, 2.75) is 6.92 Å². The molecule has 104 valence electrons. The summed E-state index contributed by atoms with van der Waals surface area (Å²) in [7, 11) is 3.26. The van der Waals surface area contributed by atoms with Crippen LogP contribution in [-0.4, -0.2) is 32.1 Å². The molecule has 0 saturated heterocycles. The molecule has 1 rings (SSSR count). The molecule has 0 aliphatic carbocycles. The van der Waals surface area contributed by atoms with Gasteiger partial charge >= 0.3 is 0 Å². The van der Waals surface area contributed by atoms with Gasteiger partial charge in [0.2, 0.25) is 0 Å². The Morgan fingerprint density at radius 3 is 2.84 bits per heavy atom. The molecule has 0 bridgehead atoms. The number of benzene rings is 1. The average Bonchev–Trinajstić information content (AvgIpc) is 2.38. The van der Waals surface area contributed by atoms with Gasteiger partial charge in [-0.05, 0) is 36.8 Å². The van der Waals surface area contributed by atoms with Gasteiger partial charge in [0.25, 0.3) is 0 Å². The van der Waals surface area contributed by atoms with E-state index in [1.165, 1.54) is 0 Å². The summed E-state index contributed by atoms with van der Waals surface area (Å²) in [5.74, 6) is 1.09. The van der Waals surface area contributed by atoms with Crippen molar-refractivity contribution in [3.05, 3.63) is 22.7 Å². The van der Waals surface area contributed by atoms with E-state index in [1.807, 2.05) is 6.92 Å². The first-order valence-electron chi connectivity index (χ1n) is 5.63. The predicted octanol–water partition coefficient (Wildman–Crippen LogP) is 2.18. The van der Waals surface area contributed by atoms with Gasteiger partial charge in [-0.3, -0.25) is 5.43 Å². The highest BCUT2D eigenvalue weighted by Crippen LogP contribution is 2.35. The van der Waals surface area contributed by atoms with Crippen LogP contribution < -0.4 is 20.2 Å². The Balaban J connectivity index is 2.93. The summed E-state index contributed by atoms with van der Waals surface area (Å²) in [4.78, 5) is 0. The van der Waals surface area contributed by atoms with E-state index in [9.17, 15) is 0 Å². The highest BCUT2D eigenvalue weighted by Gasteiger charge is 2.10. The topological polar surface area (TPSA) is 54.9 Å². The number of hydrogen-bond donors (Lipinski definition) is 2. The number of methoxy groups -OCH3 is 1. The van der Waals surface area contributed by atoms with Gasteiger partial charge in [-0.25, -0.2) is 0 Å². The first-order chi connectivity index (χ1) is 9.12. The molecular weight excluding hydrogens is 286 g/mol. The number of hydrogen-bond acceptors (Lipinski definition) is 4. The molecule has 0 heterocycles. The quantitative estimate of drug-likeness (QED) is 0.496. The summed E-state index contributed by atoms with van der Waals surface area (Å²) in [5, 5.41) is 7.62. The fraction of sp³-hybridized carbons (Fsp3) is 0.333. The minimum Gasteiger partial charge on any atom is -0.491 e. The molecule has 5 nitrogen and oxygen atoms in total. The molecule has 0 fully saturated rings. The largest absolute Gasteiger partial charge is 0.491 e. The molecule has 0 radical (unpaired) electrons. The summed E-state index contributed by atoms with van der Waals surface area (Å²) >= 11 is 11.0. The second-order valence-electron chi connectivity index (χ2n) is 3.42. The van der Waals surface area contributed by atoms with Crippen LogP contribution in [0.15, 0.2) is 17.2 Å². The van der Waals surface area contributed by atoms with Crippen LogP contribution in [-0.2, 0) is 0 Å². The summed E-state index contributed by atoms with van der Waals surface area (Å²) < 4.78 is 10.7. The normalized spacial score (nSPS) is 10.3. The lowest BCUT2D eigenvalue weighted by Crippen LogP contribution is -2.28. The van der Waals surface area contributed by atoms with Crippen molar-refractivity contribution in [1.29, 1.82) is 0 Å². The highest BCUT2D eigenvalue weighted by molar-refractivity contribution is 7.80. The van der Waals surface area contributed by atoms with Gasteiger partial charge in [0.15, 0.2) is 16.6 Å². The SMILES string of the molecule is CCOc1cc(/C=N\NC(=S)NC)cc(Cl)c1OC. The Kier molecular flexibility index (Phi) is 6.38. The van der Waals surface area contributed by atoms with Crippen LogP contribution >= 0.6 is 23.8 Å². The monoisotopic (exact) mass is 301 g/mol. The van der Waals surface area contributed by atoms with Crippen LogP contribution in [0.25, 0.3) is 0 Å². The molecule has 7 heteroatoms. The summed E-state index contributed by atoms with van der Waals surface area (Å²) in [6.07, 6.45) is 1.59. The van der Waals surface area contributed by atoms with Crippen molar-refractivity contribution in [3.8, 4) is 11.5 Å². The van der Waals surface area contributed by atoms with Crippen LogP contribution in [0.1, 0.15) is 12.5 Å². The lowest BCUT2D eigenvalue weighted by Gasteiger charge is -2.11. The molecular formula is C12H16ClN3O2S. The van der Waals surface area contributed by atoms with Crippen LogP contribution in [0.3, 0.4) is 0 Å². The maximum atomic E-state index is 6.11. The molecule has 1 aromatic rings. The number of nitrogens with one attached hydrogen (secondary N) is 2. The molecule has 0 amide bonds. The van der Waals surface area contributed by atoms with E-state index in [2.05, 4.69) is 15.8 Å². The molecule has 1 aromatic carbocycles. The summed E-state index contributed by atoms with van der Waals surface area (Å²) in [6.45, 7) is 2.41. The Labute approximate surface area is 122 Å². The van der Waals surface area contributed by atoms with E-state index in [4.69, 9.17) is 33.3 Å². The fourth-order valence-corrected chi connectivity index (χ4v) is 1.69. The molecule has 0 aliphatic rings. The third-order valence-corrected chi connectivity index (χ3v) is 2.72. The Morgan fingerprint density at radius 2 is 2.26 bits per heavy atom. The highest BCUT2D eigenvalue weighted by atomic mass is 35.5. The number of nitrogens with zero attached hydrogens (tertiary/aromatic N) is 1. The van der Waals surface area contributed by atoms with Gasteiger partial charge in [-0.2, -0.15) is 5.10 Å². The van der Waals surface area contributed by atoms with E-state index in [1.54, 1.807) is 32.5 Å². The van der Waals surface area contributed by atoms with Crippen molar-refractivity contribution >= 4 is 35.1 Å². The average molecular weight is 302 g/mol. The first kappa shape index (κ1) is 15.5. The van der Waals surface area contributed by atoms with Crippen molar-refractivity contribution in [2.24, 2.45) is 5.10 Å². The van der Waals surface area contributed by atoms with E-state index < -0.39 is 0 Å². The Hall–Kier alpha value is -1.53. The molecule has 0 unspecified atom stereocenters. The standard InChI is InChI=1S/C12H16ClN3O2S/c1-4-18-10-6-8(5-9(13)11(10)17-3)7-15-16-12(19)14-2/h5-7H,4H2,1-3H3,(H2,14,16,19)/b15-7-. The van der Waals surface area contributed by atoms with Gasteiger partial charge in [-0.1, -0.05) is 11.6 Å². The van der Waals surface area contributed by atoms with E-state index in [-0.39, 0.29) is 0 Å². The van der Waals surface area contributed by atoms with Crippen LogP contribution in [0, 0.1) is 0 Å². The molecule has 2 N–H and O–H groups in total. The predicted molar refractivity (Wildman–Crippen MR) is 81.6 cm³/mol. The van der Waals surface area contributed by atoms with Crippen molar-refractivity contribution < 1.29 is 9.47 Å². The maximum absolute atomic E-state index is 6.11. The minimum atomic E-state index is 0.431. The fourth-order valence-electron chi connectivity index (χ4n) is 1.34. The van der Waals surface area contributed by atoms with Gasteiger partial charge in [0.05, 0.1) is 25.0 Å². The van der Waals surface area contributed by atoms with E-state index in [0.29, 0.717) is 28.2 Å². The molecule has 0 atom stereocenters. The van der Waals surface area contributed by atoms with Crippen LogP contribution in [0.4, 0.5) is 0 Å². The second kappa shape index (κ2) is 7.81. The number of rotatable bonds is 5. The molecule has 19 heavy (non-hydrogen) atoms. The first-order valence-corrected chi connectivity index (χ1v) is 6.42. The van der Waals surface area contributed by atoms with Gasteiger partial charge in [0, 0.05) is 7.05 Å². The Bertz CT molecular complexity index is 480. The van der Waals surface area contributed by atoms with Crippen molar-refractivity contribution in [3.63, 3.8) is 0 Å². The smallest absolute Gasteiger partial charge is 0.186 e. The van der Waals surface area contributed by atoms with Gasteiger partial charge in [-0.15, -0.1) is 0 Å². The zero-order valence-corrected chi connectivity index (χ0v) is 12.6. The van der Waals surface area contributed by atoms with E-state index >= 15 is 0 Å². The number of halogens is 1. The molecule has 0 aromatic heterocycles. The van der Waals surface area contributed by atoms with Crippen LogP contribution in [0.2, 0.25) is 5.02 Å². The lowest BCUT2D eigenvalue weighted by atomic mass is 10.2. The van der Waals surface area contributed by atoms with Crippen molar-refractivity contribution in [1.82, 2.24) is 10.7 Å². The Morgan fingerprint density at radius 1 is 1.53 bits per heavy atom. The molecule has 0 spiro atoms. The maximum Gasteiger partial charge on any atom is 0.186 e. The van der Waals surface area contributed by atoms with Gasteiger partial charge < -0.3 is 14.8 Å². The lowest BCUT2D eigenvalue weighted by molar-refractivity contribution is 0.311. The third kappa shape index (κ3) is 4.57.